The smallest absolute Gasteiger partial charge is 0.255 e. The van der Waals surface area contributed by atoms with Gasteiger partial charge in [-0.25, -0.2) is 4.98 Å². The van der Waals surface area contributed by atoms with Crippen molar-refractivity contribution in [1.29, 1.82) is 0 Å². The van der Waals surface area contributed by atoms with Gasteiger partial charge in [0.15, 0.2) is 5.82 Å². The Kier molecular flexibility index (Phi) is 7.45. The number of pyridine rings is 1. The van der Waals surface area contributed by atoms with Gasteiger partial charge >= 0.3 is 0 Å². The minimum absolute atomic E-state index is 0.198. The van der Waals surface area contributed by atoms with E-state index >= 15 is 0 Å². The number of hydrogen-bond acceptors (Lipinski definition) is 7. The van der Waals surface area contributed by atoms with E-state index in [1.807, 2.05) is 43.3 Å². The molecule has 1 aliphatic heterocycles. The van der Waals surface area contributed by atoms with E-state index in [1.54, 1.807) is 24.7 Å². The van der Waals surface area contributed by atoms with Crippen LogP contribution in [0.3, 0.4) is 0 Å². The Bertz CT molecular complexity index is 1690. The number of amides is 1. The molecule has 0 unspecified atom stereocenters. The van der Waals surface area contributed by atoms with Crippen molar-refractivity contribution >= 4 is 22.6 Å². The minimum Gasteiger partial charge on any atom is -0.437 e. The van der Waals surface area contributed by atoms with Crippen molar-refractivity contribution in [3.05, 3.63) is 95.4 Å². The van der Waals surface area contributed by atoms with Crippen molar-refractivity contribution in [2.45, 2.75) is 20.4 Å². The third-order valence-corrected chi connectivity index (χ3v) is 7.37. The second-order valence-electron chi connectivity index (χ2n) is 10.6. The Labute approximate surface area is 239 Å². The van der Waals surface area contributed by atoms with Gasteiger partial charge in [0.1, 0.15) is 11.3 Å². The fraction of sp³-hybridized carbons (Fsp3) is 0.250. The van der Waals surface area contributed by atoms with Crippen LogP contribution < -0.4 is 10.1 Å². The molecule has 9 heteroatoms. The molecule has 0 saturated carbocycles. The maximum atomic E-state index is 13.4. The van der Waals surface area contributed by atoms with Gasteiger partial charge in [0, 0.05) is 68.1 Å². The number of nitrogens with one attached hydrogen (secondary N) is 2. The number of aromatic nitrogens is 4. The summed E-state index contributed by atoms with van der Waals surface area (Å²) >= 11 is 0. The maximum Gasteiger partial charge on any atom is 0.255 e. The molecule has 3 aromatic heterocycles. The summed E-state index contributed by atoms with van der Waals surface area (Å²) in [4.78, 5) is 34.8. The van der Waals surface area contributed by atoms with Crippen LogP contribution in [0.15, 0.2) is 73.2 Å². The third kappa shape index (κ3) is 6.11. The molecule has 1 saturated heterocycles. The van der Waals surface area contributed by atoms with Crippen molar-refractivity contribution in [1.82, 2.24) is 29.7 Å². The first-order valence-electron chi connectivity index (χ1n) is 13.8. The Hall–Kier alpha value is -4.60. The fourth-order valence-electron chi connectivity index (χ4n) is 5.07. The molecule has 6 rings (SSSR count). The molecule has 208 valence electrons. The molecule has 2 aromatic carbocycles. The summed E-state index contributed by atoms with van der Waals surface area (Å²) in [5, 5.41) is 3.09. The summed E-state index contributed by atoms with van der Waals surface area (Å²) in [6.07, 6.45) is 5.21. The van der Waals surface area contributed by atoms with Crippen molar-refractivity contribution < 1.29 is 9.53 Å². The summed E-state index contributed by atoms with van der Waals surface area (Å²) in [6, 6.07) is 17.3. The largest absolute Gasteiger partial charge is 0.437 e. The molecular weight excluding hydrogens is 514 g/mol. The molecule has 1 fully saturated rings. The highest BCUT2D eigenvalue weighted by Gasteiger charge is 2.17. The minimum atomic E-state index is -0.198. The van der Waals surface area contributed by atoms with Gasteiger partial charge in [-0.2, -0.15) is 4.98 Å². The molecule has 1 amide bonds. The molecule has 0 aliphatic carbocycles. The molecular formula is C32H33N7O2. The van der Waals surface area contributed by atoms with Gasteiger partial charge in [-0.15, -0.1) is 0 Å². The molecule has 0 spiro atoms. The highest BCUT2D eigenvalue weighted by Crippen LogP contribution is 2.31. The fourth-order valence-corrected chi connectivity index (χ4v) is 5.07. The second-order valence-corrected chi connectivity index (χ2v) is 10.6. The number of anilines is 1. The zero-order chi connectivity index (χ0) is 28.3. The lowest BCUT2D eigenvalue weighted by Crippen LogP contribution is -2.43. The first-order chi connectivity index (χ1) is 19.9. The van der Waals surface area contributed by atoms with Crippen LogP contribution in [-0.2, 0) is 6.54 Å². The van der Waals surface area contributed by atoms with Crippen LogP contribution in [0.5, 0.6) is 11.6 Å². The van der Waals surface area contributed by atoms with Crippen molar-refractivity contribution in [3.63, 3.8) is 0 Å². The normalized spacial score (nSPS) is 14.3. The van der Waals surface area contributed by atoms with E-state index in [0.717, 1.165) is 60.6 Å². The van der Waals surface area contributed by atoms with Crippen LogP contribution in [0, 0.1) is 13.8 Å². The van der Waals surface area contributed by atoms with Gasteiger partial charge in [0.05, 0.1) is 5.52 Å². The molecule has 5 aromatic rings. The van der Waals surface area contributed by atoms with E-state index < -0.39 is 0 Å². The Balaban J connectivity index is 1.22. The molecule has 2 N–H and O–H groups in total. The number of benzene rings is 2. The number of ether oxygens (including phenoxy) is 1. The predicted molar refractivity (Wildman–Crippen MR) is 160 cm³/mol. The number of carbonyl (C=O) groups is 1. The van der Waals surface area contributed by atoms with Gasteiger partial charge in [0.2, 0.25) is 5.88 Å². The summed E-state index contributed by atoms with van der Waals surface area (Å²) in [7, 11) is 2.16. The number of H-pyrrole nitrogens is 1. The quantitative estimate of drug-likeness (QED) is 0.280. The average molecular weight is 548 g/mol. The summed E-state index contributed by atoms with van der Waals surface area (Å²) in [5.41, 5.74) is 6.74. The van der Waals surface area contributed by atoms with Gasteiger partial charge in [0.25, 0.3) is 5.91 Å². The first kappa shape index (κ1) is 26.6. The van der Waals surface area contributed by atoms with E-state index in [-0.39, 0.29) is 5.91 Å². The molecule has 0 atom stereocenters. The zero-order valence-corrected chi connectivity index (χ0v) is 23.5. The SMILES string of the molecule is Cc1cc(CN2CCN(C)CC2)cc(NC(=O)c2ccc(C)c(Oc3nc(-c4ccncc4)nc4cc[nH]c34)c2)c1. The van der Waals surface area contributed by atoms with E-state index in [0.29, 0.717) is 28.5 Å². The monoisotopic (exact) mass is 547 g/mol. The van der Waals surface area contributed by atoms with Crippen molar-refractivity contribution in [2.75, 3.05) is 38.5 Å². The van der Waals surface area contributed by atoms with Gasteiger partial charge in [-0.3, -0.25) is 14.7 Å². The highest BCUT2D eigenvalue weighted by molar-refractivity contribution is 6.04. The van der Waals surface area contributed by atoms with Crippen LogP contribution in [0.4, 0.5) is 5.69 Å². The topological polar surface area (TPSA) is 99.3 Å². The first-order valence-corrected chi connectivity index (χ1v) is 13.8. The number of hydrogen-bond donors (Lipinski definition) is 2. The highest BCUT2D eigenvalue weighted by atomic mass is 16.5. The maximum absolute atomic E-state index is 13.4. The van der Waals surface area contributed by atoms with E-state index in [4.69, 9.17) is 9.72 Å². The van der Waals surface area contributed by atoms with Gasteiger partial charge in [-0.1, -0.05) is 12.1 Å². The molecule has 1 aliphatic rings. The van der Waals surface area contributed by atoms with Crippen molar-refractivity contribution in [2.24, 2.45) is 0 Å². The number of piperazine rings is 1. The van der Waals surface area contributed by atoms with Crippen LogP contribution >= 0.6 is 0 Å². The lowest BCUT2D eigenvalue weighted by molar-refractivity contribution is 0.102. The average Bonchev–Trinajstić information content (AvgIpc) is 3.45. The number of aryl methyl sites for hydroxylation is 2. The third-order valence-electron chi connectivity index (χ3n) is 7.37. The summed E-state index contributed by atoms with van der Waals surface area (Å²) in [6.45, 7) is 9.11. The van der Waals surface area contributed by atoms with Crippen LogP contribution in [-0.4, -0.2) is 68.9 Å². The summed E-state index contributed by atoms with van der Waals surface area (Å²) < 4.78 is 6.33. The van der Waals surface area contributed by atoms with E-state index in [2.05, 4.69) is 56.2 Å². The van der Waals surface area contributed by atoms with Gasteiger partial charge in [-0.05, 0) is 80.1 Å². The summed E-state index contributed by atoms with van der Waals surface area (Å²) in [5.74, 6) is 1.27. The molecule has 9 nitrogen and oxygen atoms in total. The number of fused-ring (bicyclic) bond motifs is 1. The lowest BCUT2D eigenvalue weighted by Gasteiger charge is -2.32. The number of rotatable bonds is 7. The number of nitrogens with zero attached hydrogens (tertiary/aromatic N) is 5. The van der Waals surface area contributed by atoms with Gasteiger partial charge < -0.3 is 19.9 Å². The molecule has 4 heterocycles. The lowest BCUT2D eigenvalue weighted by atomic mass is 10.1. The Morgan fingerprint density at radius 3 is 2.59 bits per heavy atom. The van der Waals surface area contributed by atoms with E-state index in [9.17, 15) is 4.79 Å². The number of aromatic amines is 1. The van der Waals surface area contributed by atoms with Crippen LogP contribution in [0.2, 0.25) is 0 Å². The van der Waals surface area contributed by atoms with Crippen LogP contribution in [0.1, 0.15) is 27.0 Å². The van der Waals surface area contributed by atoms with Crippen LogP contribution in [0.25, 0.3) is 22.4 Å². The molecule has 0 radical (unpaired) electrons. The van der Waals surface area contributed by atoms with E-state index in [1.165, 1.54) is 5.56 Å². The second kappa shape index (κ2) is 11.5. The Morgan fingerprint density at radius 1 is 0.976 bits per heavy atom. The number of carbonyl (C=O) groups excluding carboxylic acids is 1. The molecule has 0 bridgehead atoms. The standard InChI is InChI=1S/C32H33N7O2/c1-21-16-23(20-39-14-12-38(3)13-15-39)18-26(17-21)35-31(40)25-5-4-22(2)28(19-25)41-32-29-27(8-11-34-29)36-30(37-32)24-6-9-33-10-7-24/h4-11,16-19,34H,12-15,20H2,1-3H3,(H,35,40). The number of likely N-dealkylation sites (N-methyl/N-ethyl adjacent to an activating group) is 1. The van der Waals surface area contributed by atoms with Crippen molar-refractivity contribution in [3.8, 4) is 23.0 Å². The molecule has 41 heavy (non-hydrogen) atoms. The predicted octanol–water partition coefficient (Wildman–Crippen LogP) is 5.43. The Morgan fingerprint density at radius 2 is 1.78 bits per heavy atom. The zero-order valence-electron chi connectivity index (χ0n) is 23.5.